The van der Waals surface area contributed by atoms with E-state index in [2.05, 4.69) is 15.5 Å². The van der Waals surface area contributed by atoms with Gasteiger partial charge in [0.15, 0.2) is 11.2 Å². The summed E-state index contributed by atoms with van der Waals surface area (Å²) < 4.78 is 5.55. The van der Waals surface area contributed by atoms with Gasteiger partial charge in [0.2, 0.25) is 0 Å². The Morgan fingerprint density at radius 2 is 1.68 bits per heavy atom. The van der Waals surface area contributed by atoms with Crippen molar-refractivity contribution in [2.75, 3.05) is 26.2 Å². The molecule has 2 heterocycles. The molecule has 0 atom stereocenters. The van der Waals surface area contributed by atoms with Crippen LogP contribution in [-0.2, 0) is 6.54 Å². The molecule has 7 heteroatoms. The van der Waals surface area contributed by atoms with Crippen molar-refractivity contribution in [2.24, 2.45) is 0 Å². The molecule has 7 nitrogen and oxygen atoms in total. The number of hydrogen-bond acceptors (Lipinski definition) is 5. The van der Waals surface area contributed by atoms with E-state index in [1.807, 2.05) is 0 Å². The Kier molecular flexibility index (Phi) is 6.43. The summed E-state index contributed by atoms with van der Waals surface area (Å²) in [5.74, 6) is -0.600. The number of hydrogen-bond donors (Lipinski definition) is 2. The fourth-order valence-electron chi connectivity index (χ4n) is 3.70. The SMILES string of the molecule is O=C(NCCN1CCCC1)c1ccc(CNC(=O)c2cc(=O)c3ccccc3o2)cc1. The average molecular weight is 419 g/mol. The Bertz CT molecular complexity index is 1130. The Morgan fingerprint density at radius 3 is 2.45 bits per heavy atom. The Labute approximate surface area is 180 Å². The zero-order valence-corrected chi connectivity index (χ0v) is 17.2. The number of rotatable bonds is 7. The molecule has 0 saturated carbocycles. The molecule has 0 spiro atoms. The quantitative estimate of drug-likeness (QED) is 0.614. The molecular formula is C24H25N3O4. The third-order valence-electron chi connectivity index (χ3n) is 5.44. The lowest BCUT2D eigenvalue weighted by molar-refractivity contribution is 0.0921. The van der Waals surface area contributed by atoms with Gasteiger partial charge in [-0.1, -0.05) is 24.3 Å². The highest BCUT2D eigenvalue weighted by molar-refractivity contribution is 5.94. The highest BCUT2D eigenvalue weighted by Crippen LogP contribution is 2.12. The van der Waals surface area contributed by atoms with Gasteiger partial charge in [-0.15, -0.1) is 0 Å². The normalized spacial score (nSPS) is 13.9. The fourth-order valence-corrected chi connectivity index (χ4v) is 3.70. The van der Waals surface area contributed by atoms with Gasteiger partial charge in [0.25, 0.3) is 11.8 Å². The van der Waals surface area contributed by atoms with Crippen LogP contribution in [0, 0.1) is 0 Å². The van der Waals surface area contributed by atoms with Gasteiger partial charge in [0.1, 0.15) is 5.58 Å². The second-order valence-corrected chi connectivity index (χ2v) is 7.66. The lowest BCUT2D eigenvalue weighted by atomic mass is 10.1. The maximum Gasteiger partial charge on any atom is 0.287 e. The Morgan fingerprint density at radius 1 is 0.935 bits per heavy atom. The molecule has 3 aromatic rings. The van der Waals surface area contributed by atoms with E-state index in [1.54, 1.807) is 48.5 Å². The first-order chi connectivity index (χ1) is 15.1. The molecule has 0 unspecified atom stereocenters. The van der Waals surface area contributed by atoms with Gasteiger partial charge in [-0.25, -0.2) is 0 Å². The van der Waals surface area contributed by atoms with Crippen molar-refractivity contribution >= 4 is 22.8 Å². The summed E-state index contributed by atoms with van der Waals surface area (Å²) in [5.41, 5.74) is 1.54. The number of para-hydroxylation sites is 1. The standard InChI is InChI=1S/C24H25N3O4/c28-20-15-22(31-21-6-2-1-5-19(20)21)24(30)26-16-17-7-9-18(10-8-17)23(29)25-11-14-27-12-3-4-13-27/h1-2,5-10,15H,3-4,11-14,16H2,(H,25,29)(H,26,30). The first-order valence-corrected chi connectivity index (χ1v) is 10.5. The molecule has 0 radical (unpaired) electrons. The predicted molar refractivity (Wildman–Crippen MR) is 118 cm³/mol. The van der Waals surface area contributed by atoms with E-state index in [0.29, 0.717) is 23.1 Å². The Balaban J connectivity index is 1.30. The molecule has 1 aliphatic rings. The van der Waals surface area contributed by atoms with Crippen molar-refractivity contribution in [3.05, 3.63) is 81.7 Å². The van der Waals surface area contributed by atoms with E-state index in [-0.39, 0.29) is 23.6 Å². The molecule has 1 aliphatic heterocycles. The summed E-state index contributed by atoms with van der Waals surface area (Å²) in [5, 5.41) is 6.13. The monoisotopic (exact) mass is 419 g/mol. The molecule has 1 fully saturated rings. The number of amides is 2. The largest absolute Gasteiger partial charge is 0.451 e. The van der Waals surface area contributed by atoms with Crippen molar-refractivity contribution in [1.82, 2.24) is 15.5 Å². The van der Waals surface area contributed by atoms with Crippen LogP contribution in [0.4, 0.5) is 0 Å². The lowest BCUT2D eigenvalue weighted by Crippen LogP contribution is -2.33. The topological polar surface area (TPSA) is 91.7 Å². The third-order valence-corrected chi connectivity index (χ3v) is 5.44. The number of carbonyl (C=O) groups is 2. The van der Waals surface area contributed by atoms with E-state index in [9.17, 15) is 14.4 Å². The number of likely N-dealkylation sites (tertiary alicyclic amines) is 1. The maximum atomic E-state index is 12.4. The molecule has 31 heavy (non-hydrogen) atoms. The number of fused-ring (bicyclic) bond motifs is 1. The summed E-state index contributed by atoms with van der Waals surface area (Å²) in [6.07, 6.45) is 2.47. The van der Waals surface area contributed by atoms with Crippen molar-refractivity contribution in [2.45, 2.75) is 19.4 Å². The molecule has 1 saturated heterocycles. The molecule has 0 bridgehead atoms. The summed E-state index contributed by atoms with van der Waals surface area (Å²) >= 11 is 0. The highest BCUT2D eigenvalue weighted by Gasteiger charge is 2.13. The molecule has 2 aromatic carbocycles. The first-order valence-electron chi connectivity index (χ1n) is 10.5. The van der Waals surface area contributed by atoms with Crippen LogP contribution in [-0.4, -0.2) is 42.9 Å². The van der Waals surface area contributed by atoms with Crippen LogP contribution in [0.1, 0.15) is 39.3 Å². The molecule has 1 aromatic heterocycles. The van der Waals surface area contributed by atoms with Gasteiger partial charge in [-0.05, 0) is 55.8 Å². The minimum absolute atomic E-state index is 0.0299. The van der Waals surface area contributed by atoms with Crippen molar-refractivity contribution in [3.8, 4) is 0 Å². The minimum Gasteiger partial charge on any atom is -0.451 e. The van der Waals surface area contributed by atoms with Gasteiger partial charge in [0, 0.05) is 31.3 Å². The van der Waals surface area contributed by atoms with Gasteiger partial charge in [-0.3, -0.25) is 14.4 Å². The number of nitrogens with zero attached hydrogens (tertiary/aromatic N) is 1. The summed E-state index contributed by atoms with van der Waals surface area (Å²) in [7, 11) is 0. The van der Waals surface area contributed by atoms with Crippen LogP contribution in [0.5, 0.6) is 0 Å². The van der Waals surface area contributed by atoms with E-state index < -0.39 is 5.91 Å². The van der Waals surface area contributed by atoms with Gasteiger partial charge in [0.05, 0.1) is 5.39 Å². The average Bonchev–Trinajstić information content (AvgIpc) is 3.31. The van der Waals surface area contributed by atoms with Crippen LogP contribution in [0.3, 0.4) is 0 Å². The van der Waals surface area contributed by atoms with E-state index in [0.717, 1.165) is 25.2 Å². The van der Waals surface area contributed by atoms with E-state index >= 15 is 0 Å². The van der Waals surface area contributed by atoms with Gasteiger partial charge in [-0.2, -0.15) is 0 Å². The first kappa shape index (κ1) is 20.8. The van der Waals surface area contributed by atoms with E-state index in [4.69, 9.17) is 4.42 Å². The highest BCUT2D eigenvalue weighted by atomic mass is 16.3. The van der Waals surface area contributed by atoms with E-state index in [1.165, 1.54) is 18.9 Å². The second-order valence-electron chi connectivity index (χ2n) is 7.66. The Hall–Kier alpha value is -3.45. The van der Waals surface area contributed by atoms with Crippen molar-refractivity contribution in [1.29, 1.82) is 0 Å². The predicted octanol–water partition coefficient (Wildman–Crippen LogP) is 2.55. The molecule has 2 amide bonds. The fraction of sp³-hybridized carbons (Fsp3) is 0.292. The number of benzene rings is 2. The third kappa shape index (κ3) is 5.19. The zero-order chi connectivity index (χ0) is 21.6. The minimum atomic E-state index is -0.466. The lowest BCUT2D eigenvalue weighted by Gasteiger charge is -2.14. The number of carbonyl (C=O) groups excluding carboxylic acids is 2. The molecule has 4 rings (SSSR count). The summed E-state index contributed by atoms with van der Waals surface area (Å²) in [6.45, 7) is 3.98. The van der Waals surface area contributed by atoms with Gasteiger partial charge >= 0.3 is 0 Å². The van der Waals surface area contributed by atoms with Crippen molar-refractivity contribution in [3.63, 3.8) is 0 Å². The summed E-state index contributed by atoms with van der Waals surface area (Å²) in [4.78, 5) is 39.2. The van der Waals surface area contributed by atoms with Gasteiger partial charge < -0.3 is 20.0 Å². The maximum absolute atomic E-state index is 12.4. The van der Waals surface area contributed by atoms with Crippen LogP contribution < -0.4 is 16.1 Å². The molecular weight excluding hydrogens is 394 g/mol. The smallest absolute Gasteiger partial charge is 0.287 e. The number of nitrogens with one attached hydrogen (secondary N) is 2. The second kappa shape index (κ2) is 9.57. The molecule has 160 valence electrons. The van der Waals surface area contributed by atoms with Crippen LogP contribution in [0.15, 0.2) is 63.8 Å². The zero-order valence-electron chi connectivity index (χ0n) is 17.2. The molecule has 2 N–H and O–H groups in total. The van der Waals surface area contributed by atoms with Crippen LogP contribution in [0.2, 0.25) is 0 Å². The molecule has 0 aliphatic carbocycles. The van der Waals surface area contributed by atoms with Crippen LogP contribution >= 0.6 is 0 Å². The van der Waals surface area contributed by atoms with Crippen molar-refractivity contribution < 1.29 is 14.0 Å². The summed E-state index contributed by atoms with van der Waals surface area (Å²) in [6, 6.07) is 15.1. The van der Waals surface area contributed by atoms with Crippen LogP contribution in [0.25, 0.3) is 11.0 Å².